The van der Waals surface area contributed by atoms with Crippen LogP contribution in [0, 0.1) is 0 Å². The van der Waals surface area contributed by atoms with Gasteiger partial charge in [0.25, 0.3) is 5.91 Å². The summed E-state index contributed by atoms with van der Waals surface area (Å²) in [5, 5.41) is 3.99. The SMILES string of the molecule is CCc1cc([C@@H](c2ccccc2OC)N2CCN(CC)CC2)c(NC(=O)c2ccco2)s1. The molecule has 0 spiro atoms. The molecule has 4 rings (SSSR count). The lowest BCUT2D eigenvalue weighted by atomic mass is 9.96. The molecule has 1 aromatic carbocycles. The molecule has 2 aromatic heterocycles. The molecule has 3 heterocycles. The van der Waals surface area contributed by atoms with Crippen molar-refractivity contribution in [3.05, 3.63) is 70.5 Å². The number of hydrogen-bond acceptors (Lipinski definition) is 6. The number of benzene rings is 1. The van der Waals surface area contributed by atoms with Gasteiger partial charge >= 0.3 is 0 Å². The molecule has 1 aliphatic heterocycles. The summed E-state index contributed by atoms with van der Waals surface area (Å²) < 4.78 is 11.1. The molecule has 1 aliphatic rings. The van der Waals surface area contributed by atoms with Crippen LogP contribution in [0.3, 0.4) is 0 Å². The van der Waals surface area contributed by atoms with E-state index in [-0.39, 0.29) is 11.9 Å². The van der Waals surface area contributed by atoms with E-state index in [0.717, 1.165) is 61.0 Å². The number of carbonyl (C=O) groups excluding carboxylic acids is 1. The number of ether oxygens (including phenoxy) is 1. The lowest BCUT2D eigenvalue weighted by Gasteiger charge is -2.39. The third kappa shape index (κ3) is 4.75. The molecule has 1 amide bonds. The summed E-state index contributed by atoms with van der Waals surface area (Å²) in [7, 11) is 1.72. The Hall–Kier alpha value is -2.61. The summed E-state index contributed by atoms with van der Waals surface area (Å²) >= 11 is 1.64. The molecule has 0 bridgehead atoms. The molecule has 6 nitrogen and oxygen atoms in total. The highest BCUT2D eigenvalue weighted by molar-refractivity contribution is 7.16. The molecule has 0 unspecified atom stereocenters. The number of nitrogens with one attached hydrogen (secondary N) is 1. The first-order valence-corrected chi connectivity index (χ1v) is 12.0. The highest BCUT2D eigenvalue weighted by atomic mass is 32.1. The molecule has 0 saturated carbocycles. The van der Waals surface area contributed by atoms with Gasteiger partial charge in [-0.3, -0.25) is 9.69 Å². The molecule has 1 fully saturated rings. The maximum absolute atomic E-state index is 12.8. The van der Waals surface area contributed by atoms with Gasteiger partial charge in [0.05, 0.1) is 19.4 Å². The Labute approximate surface area is 193 Å². The van der Waals surface area contributed by atoms with Crippen LogP contribution < -0.4 is 10.1 Å². The second kappa shape index (κ2) is 10.3. The molecule has 1 saturated heterocycles. The van der Waals surface area contributed by atoms with Crippen molar-refractivity contribution in [1.82, 2.24) is 9.80 Å². The van der Waals surface area contributed by atoms with Gasteiger partial charge in [-0.1, -0.05) is 32.0 Å². The Morgan fingerprint density at radius 1 is 1.12 bits per heavy atom. The van der Waals surface area contributed by atoms with Crippen molar-refractivity contribution in [3.8, 4) is 5.75 Å². The number of carbonyl (C=O) groups is 1. The van der Waals surface area contributed by atoms with E-state index < -0.39 is 0 Å². The van der Waals surface area contributed by atoms with Crippen LogP contribution in [0.5, 0.6) is 5.75 Å². The molecule has 3 aromatic rings. The Balaban J connectivity index is 1.75. The van der Waals surface area contributed by atoms with E-state index in [1.54, 1.807) is 30.6 Å². The van der Waals surface area contributed by atoms with E-state index in [0.29, 0.717) is 5.76 Å². The van der Waals surface area contributed by atoms with Gasteiger partial charge in [0, 0.05) is 42.2 Å². The highest BCUT2D eigenvalue weighted by Crippen LogP contribution is 2.42. The van der Waals surface area contributed by atoms with Gasteiger partial charge in [0.2, 0.25) is 0 Å². The van der Waals surface area contributed by atoms with Crippen molar-refractivity contribution in [2.24, 2.45) is 0 Å². The minimum absolute atomic E-state index is 0.00592. The number of methoxy groups -OCH3 is 1. The van der Waals surface area contributed by atoms with Gasteiger partial charge in [-0.15, -0.1) is 11.3 Å². The number of aryl methyl sites for hydroxylation is 1. The van der Waals surface area contributed by atoms with Crippen LogP contribution >= 0.6 is 11.3 Å². The van der Waals surface area contributed by atoms with Crippen molar-refractivity contribution < 1.29 is 13.9 Å². The Morgan fingerprint density at radius 3 is 2.56 bits per heavy atom. The van der Waals surface area contributed by atoms with E-state index in [1.165, 1.54) is 11.1 Å². The van der Waals surface area contributed by atoms with Gasteiger partial charge in [0.1, 0.15) is 10.8 Å². The molecule has 0 aliphatic carbocycles. The number of thiophene rings is 1. The van der Waals surface area contributed by atoms with Crippen molar-refractivity contribution in [2.45, 2.75) is 26.3 Å². The molecular weight excluding hydrogens is 422 g/mol. The minimum Gasteiger partial charge on any atom is -0.496 e. The fourth-order valence-electron chi connectivity index (χ4n) is 4.30. The quantitative estimate of drug-likeness (QED) is 0.526. The predicted octanol–water partition coefficient (Wildman–Crippen LogP) is 4.89. The first kappa shape index (κ1) is 22.6. The fraction of sp³-hybridized carbons (Fsp3) is 0.400. The van der Waals surface area contributed by atoms with E-state index in [1.807, 2.05) is 12.1 Å². The van der Waals surface area contributed by atoms with E-state index >= 15 is 0 Å². The maximum Gasteiger partial charge on any atom is 0.291 e. The van der Waals surface area contributed by atoms with Gasteiger partial charge in [0.15, 0.2) is 5.76 Å². The minimum atomic E-state index is -0.227. The number of furan rings is 1. The summed E-state index contributed by atoms with van der Waals surface area (Å²) in [6, 6.07) is 13.9. The number of hydrogen-bond donors (Lipinski definition) is 1. The number of nitrogens with zero attached hydrogens (tertiary/aromatic N) is 2. The molecular formula is C25H31N3O3S. The second-order valence-electron chi connectivity index (χ2n) is 7.90. The second-order valence-corrected chi connectivity index (χ2v) is 9.03. The molecule has 32 heavy (non-hydrogen) atoms. The summed E-state index contributed by atoms with van der Waals surface area (Å²) in [5.74, 6) is 0.950. The average Bonchev–Trinajstić information content (AvgIpc) is 3.51. The lowest BCUT2D eigenvalue weighted by molar-refractivity contribution is 0.0995. The van der Waals surface area contributed by atoms with Gasteiger partial charge in [-0.05, 0) is 37.2 Å². The van der Waals surface area contributed by atoms with Gasteiger partial charge in [-0.2, -0.15) is 0 Å². The van der Waals surface area contributed by atoms with Gasteiger partial charge in [-0.25, -0.2) is 0 Å². The average molecular weight is 454 g/mol. The molecule has 7 heteroatoms. The van der Waals surface area contributed by atoms with Crippen molar-refractivity contribution >= 4 is 22.2 Å². The summed E-state index contributed by atoms with van der Waals surface area (Å²) in [5.41, 5.74) is 2.23. The fourth-order valence-corrected chi connectivity index (χ4v) is 5.32. The van der Waals surface area contributed by atoms with Crippen molar-refractivity contribution in [2.75, 3.05) is 45.2 Å². The maximum atomic E-state index is 12.8. The normalized spacial score (nSPS) is 16.1. The largest absolute Gasteiger partial charge is 0.496 e. The van der Waals surface area contributed by atoms with Gasteiger partial charge < -0.3 is 19.4 Å². The summed E-state index contributed by atoms with van der Waals surface area (Å²) in [4.78, 5) is 19.0. The zero-order chi connectivity index (χ0) is 22.5. The first-order valence-electron chi connectivity index (χ1n) is 11.2. The van der Waals surface area contributed by atoms with Crippen LogP contribution in [0.4, 0.5) is 5.00 Å². The number of piperazine rings is 1. The van der Waals surface area contributed by atoms with Crippen LogP contribution in [-0.2, 0) is 6.42 Å². The molecule has 170 valence electrons. The lowest BCUT2D eigenvalue weighted by Crippen LogP contribution is -2.47. The third-order valence-corrected chi connectivity index (χ3v) is 7.29. The topological polar surface area (TPSA) is 58.0 Å². The number of anilines is 1. The predicted molar refractivity (Wildman–Crippen MR) is 129 cm³/mol. The summed E-state index contributed by atoms with van der Waals surface area (Å²) in [6.45, 7) is 9.39. The number of likely N-dealkylation sites (N-methyl/N-ethyl adjacent to an activating group) is 1. The van der Waals surface area contributed by atoms with Crippen LogP contribution in [0.15, 0.2) is 53.1 Å². The molecule has 0 radical (unpaired) electrons. The summed E-state index contributed by atoms with van der Waals surface area (Å²) in [6.07, 6.45) is 2.43. The third-order valence-electron chi connectivity index (χ3n) is 6.08. The van der Waals surface area contributed by atoms with E-state index in [4.69, 9.17) is 9.15 Å². The number of rotatable bonds is 8. The smallest absolute Gasteiger partial charge is 0.291 e. The monoisotopic (exact) mass is 453 g/mol. The van der Waals surface area contributed by atoms with Crippen molar-refractivity contribution in [1.29, 1.82) is 0 Å². The van der Waals surface area contributed by atoms with Crippen molar-refractivity contribution in [3.63, 3.8) is 0 Å². The van der Waals surface area contributed by atoms with Crippen LogP contribution in [0.25, 0.3) is 0 Å². The molecule has 1 N–H and O–H groups in total. The zero-order valence-electron chi connectivity index (χ0n) is 19.0. The number of para-hydroxylation sites is 1. The number of amides is 1. The Bertz CT molecular complexity index is 1020. The standard InChI is InChI=1S/C25H31N3O3S/c1-4-18-17-20(25(32-18)26-24(29)22-11-8-16-31-22)23(19-9-6-7-10-21(19)30-3)28-14-12-27(5-2)13-15-28/h6-11,16-17,23H,4-5,12-15H2,1-3H3,(H,26,29)/t23-/m1/s1. The Morgan fingerprint density at radius 2 is 1.91 bits per heavy atom. The molecule has 1 atom stereocenters. The first-order chi connectivity index (χ1) is 15.6. The van der Waals surface area contributed by atoms with E-state index in [9.17, 15) is 4.79 Å². The van der Waals surface area contributed by atoms with Crippen LogP contribution in [0.1, 0.15) is 46.4 Å². The Kier molecular flexibility index (Phi) is 7.29. The van der Waals surface area contributed by atoms with Crippen LogP contribution in [-0.4, -0.2) is 55.5 Å². The zero-order valence-corrected chi connectivity index (χ0v) is 19.8. The van der Waals surface area contributed by atoms with Crippen LogP contribution in [0.2, 0.25) is 0 Å². The van der Waals surface area contributed by atoms with E-state index in [2.05, 4.69) is 47.2 Å². The highest BCUT2D eigenvalue weighted by Gasteiger charge is 2.31.